The molecule has 2 aromatic carbocycles. The highest BCUT2D eigenvalue weighted by atomic mass is 16.3. The zero-order chi connectivity index (χ0) is 23.9. The molecule has 8 heteroatoms. The Hall–Kier alpha value is -3.39. The van der Waals surface area contributed by atoms with Crippen molar-refractivity contribution in [3.63, 3.8) is 0 Å². The first-order chi connectivity index (χ1) is 15.4. The van der Waals surface area contributed by atoms with Crippen LogP contribution in [-0.4, -0.2) is 44.4 Å². The number of hydrogen-bond donors (Lipinski definition) is 4. The zero-order valence-corrected chi connectivity index (χ0v) is 19.0. The van der Waals surface area contributed by atoms with Crippen LogP contribution in [0.5, 0.6) is 11.5 Å². The highest BCUT2D eigenvalue weighted by Crippen LogP contribution is 2.54. The van der Waals surface area contributed by atoms with E-state index in [2.05, 4.69) is 10.6 Å². The van der Waals surface area contributed by atoms with Crippen LogP contribution >= 0.6 is 0 Å². The number of nitrogens with one attached hydrogen (secondary N) is 2. The fourth-order valence-corrected chi connectivity index (χ4v) is 5.70. The van der Waals surface area contributed by atoms with E-state index >= 15 is 0 Å². The van der Waals surface area contributed by atoms with Gasteiger partial charge in [-0.05, 0) is 57.9 Å². The summed E-state index contributed by atoms with van der Waals surface area (Å²) in [6.07, 6.45) is 0.294. The lowest BCUT2D eigenvalue weighted by Crippen LogP contribution is -2.56. The maximum atomic E-state index is 13.8. The number of carbonyl (C=O) groups is 3. The summed E-state index contributed by atoms with van der Waals surface area (Å²) in [6.45, 7) is 7.35. The van der Waals surface area contributed by atoms with E-state index in [9.17, 15) is 24.6 Å². The van der Waals surface area contributed by atoms with E-state index < -0.39 is 29.0 Å². The first kappa shape index (κ1) is 21.5. The van der Waals surface area contributed by atoms with Gasteiger partial charge in [0.25, 0.3) is 0 Å². The third-order valence-electron chi connectivity index (χ3n) is 7.04. The zero-order valence-electron chi connectivity index (χ0n) is 19.0. The average molecular weight is 450 g/mol. The van der Waals surface area contributed by atoms with Crippen molar-refractivity contribution in [3.8, 4) is 11.5 Å². The molecule has 0 radical (unpaired) electrons. The number of fused-ring (bicyclic) bond motifs is 4. The summed E-state index contributed by atoms with van der Waals surface area (Å²) >= 11 is 0. The van der Waals surface area contributed by atoms with Gasteiger partial charge in [0.15, 0.2) is 11.5 Å². The van der Waals surface area contributed by atoms with Crippen LogP contribution in [0, 0.1) is 18.8 Å². The molecule has 0 bridgehead atoms. The monoisotopic (exact) mass is 449 g/mol. The Labute approximate surface area is 191 Å². The van der Waals surface area contributed by atoms with Crippen molar-refractivity contribution in [3.05, 3.63) is 53.1 Å². The van der Waals surface area contributed by atoms with Gasteiger partial charge < -0.3 is 15.5 Å². The molecule has 0 unspecified atom stereocenters. The van der Waals surface area contributed by atoms with Gasteiger partial charge in [-0.3, -0.25) is 24.6 Å². The van der Waals surface area contributed by atoms with Crippen molar-refractivity contribution < 1.29 is 24.6 Å². The lowest BCUT2D eigenvalue weighted by molar-refractivity contribution is -0.147. The molecule has 5 rings (SSSR count). The third kappa shape index (κ3) is 2.90. The summed E-state index contributed by atoms with van der Waals surface area (Å²) in [4.78, 5) is 42.2. The van der Waals surface area contributed by atoms with Crippen LogP contribution in [0.25, 0.3) is 0 Å². The highest BCUT2D eigenvalue weighted by Gasteiger charge is 2.71. The second-order valence-corrected chi connectivity index (χ2v) is 10.3. The molecule has 3 aliphatic heterocycles. The van der Waals surface area contributed by atoms with Crippen LogP contribution in [0.2, 0.25) is 0 Å². The molecule has 3 amide bonds. The largest absolute Gasteiger partial charge is 0.504 e. The minimum atomic E-state index is -1.36. The summed E-state index contributed by atoms with van der Waals surface area (Å²) in [6, 6.07) is 9.56. The quantitative estimate of drug-likeness (QED) is 0.412. The van der Waals surface area contributed by atoms with E-state index in [1.165, 1.54) is 17.0 Å². The maximum Gasteiger partial charge on any atom is 0.250 e. The van der Waals surface area contributed by atoms with E-state index in [4.69, 9.17) is 0 Å². The Morgan fingerprint density at radius 3 is 2.39 bits per heavy atom. The summed E-state index contributed by atoms with van der Waals surface area (Å²) in [5.41, 5.74) is 0.841. The van der Waals surface area contributed by atoms with E-state index in [0.717, 1.165) is 5.56 Å². The van der Waals surface area contributed by atoms with Crippen molar-refractivity contribution in [1.29, 1.82) is 0 Å². The molecule has 1 spiro atoms. The number of imide groups is 1. The lowest BCUT2D eigenvalue weighted by Gasteiger charge is -2.34. The highest BCUT2D eigenvalue weighted by molar-refractivity contribution is 6.15. The number of rotatable bonds is 2. The Morgan fingerprint density at radius 1 is 1.00 bits per heavy atom. The number of phenolic OH excluding ortho intramolecular Hbond substituents is 2. The standard InChI is InChI=1S/C25H27N3O5/c1-12-5-7-15-14(9-12)25(23(33)26-15)20-19(21(31)28(22(20)32)24(2,3)4)16(27-25)10-13-6-8-17(29)18(30)11-13/h5-9,11,16,19-20,27,29-30H,10H2,1-4H3,(H,26,33)/t16-,19+,20-,25+/m0/s1. The number of aromatic hydroxyl groups is 2. The Kier molecular flexibility index (Phi) is 4.42. The van der Waals surface area contributed by atoms with Crippen LogP contribution in [0.1, 0.15) is 37.5 Å². The third-order valence-corrected chi connectivity index (χ3v) is 7.04. The van der Waals surface area contributed by atoms with Gasteiger partial charge in [-0.25, -0.2) is 0 Å². The molecule has 4 N–H and O–H groups in total. The Balaban J connectivity index is 1.66. The van der Waals surface area contributed by atoms with Gasteiger partial charge in [0.2, 0.25) is 17.7 Å². The smallest absolute Gasteiger partial charge is 0.250 e. The number of phenols is 2. The number of likely N-dealkylation sites (tertiary alicyclic amines) is 1. The maximum absolute atomic E-state index is 13.8. The summed E-state index contributed by atoms with van der Waals surface area (Å²) < 4.78 is 0. The first-order valence-corrected chi connectivity index (χ1v) is 11.0. The molecule has 0 aliphatic carbocycles. The molecule has 4 atom stereocenters. The summed E-state index contributed by atoms with van der Waals surface area (Å²) in [5.74, 6) is -3.13. The molecule has 33 heavy (non-hydrogen) atoms. The Morgan fingerprint density at radius 2 is 1.73 bits per heavy atom. The predicted molar refractivity (Wildman–Crippen MR) is 120 cm³/mol. The average Bonchev–Trinajstić information content (AvgIpc) is 3.29. The number of hydrogen-bond acceptors (Lipinski definition) is 6. The normalized spacial score (nSPS) is 28.4. The van der Waals surface area contributed by atoms with Gasteiger partial charge >= 0.3 is 0 Å². The lowest BCUT2D eigenvalue weighted by atomic mass is 9.76. The summed E-state index contributed by atoms with van der Waals surface area (Å²) in [5, 5.41) is 25.9. The second kappa shape index (κ2) is 6.81. The van der Waals surface area contributed by atoms with Gasteiger partial charge in [0.05, 0.1) is 11.8 Å². The van der Waals surface area contributed by atoms with Crippen molar-refractivity contribution in [2.45, 2.75) is 51.2 Å². The molecule has 0 aromatic heterocycles. The number of carbonyl (C=O) groups excluding carboxylic acids is 3. The molecule has 2 saturated heterocycles. The van der Waals surface area contributed by atoms with Crippen molar-refractivity contribution in [2.75, 3.05) is 5.32 Å². The molecular weight excluding hydrogens is 422 g/mol. The first-order valence-electron chi connectivity index (χ1n) is 11.0. The molecular formula is C25H27N3O5. The van der Waals surface area contributed by atoms with Crippen molar-refractivity contribution >= 4 is 23.4 Å². The minimum Gasteiger partial charge on any atom is -0.504 e. The van der Waals surface area contributed by atoms with E-state index in [1.54, 1.807) is 6.07 Å². The number of benzene rings is 2. The molecule has 3 heterocycles. The number of amides is 3. The van der Waals surface area contributed by atoms with Crippen LogP contribution in [0.3, 0.4) is 0 Å². The van der Waals surface area contributed by atoms with Gasteiger partial charge in [0.1, 0.15) is 5.54 Å². The Bertz CT molecular complexity index is 1220. The van der Waals surface area contributed by atoms with Crippen molar-refractivity contribution in [1.82, 2.24) is 10.2 Å². The van der Waals surface area contributed by atoms with Gasteiger partial charge in [-0.2, -0.15) is 0 Å². The molecule has 172 valence electrons. The fourth-order valence-electron chi connectivity index (χ4n) is 5.70. The SMILES string of the molecule is Cc1ccc2c(c1)[C@]1(N[C@@H](Cc3ccc(O)c(O)c3)[C@H]3C(=O)N(C(C)(C)C)C(=O)[C@H]31)C(=O)N2. The van der Waals surface area contributed by atoms with Gasteiger partial charge in [-0.15, -0.1) is 0 Å². The second-order valence-electron chi connectivity index (χ2n) is 10.3. The van der Waals surface area contributed by atoms with E-state index in [1.807, 2.05) is 45.9 Å². The van der Waals surface area contributed by atoms with Crippen LogP contribution in [-0.2, 0) is 26.3 Å². The van der Waals surface area contributed by atoms with Crippen LogP contribution in [0.15, 0.2) is 36.4 Å². The van der Waals surface area contributed by atoms with Crippen LogP contribution in [0.4, 0.5) is 5.69 Å². The summed E-state index contributed by atoms with van der Waals surface area (Å²) in [7, 11) is 0. The van der Waals surface area contributed by atoms with Crippen LogP contribution < -0.4 is 10.6 Å². The number of aryl methyl sites for hydroxylation is 1. The molecule has 3 aliphatic rings. The fraction of sp³-hybridized carbons (Fsp3) is 0.400. The van der Waals surface area contributed by atoms with E-state index in [0.29, 0.717) is 23.2 Å². The van der Waals surface area contributed by atoms with Gasteiger partial charge in [-0.1, -0.05) is 23.8 Å². The van der Waals surface area contributed by atoms with E-state index in [-0.39, 0.29) is 29.2 Å². The molecule has 0 saturated carbocycles. The molecule has 2 aromatic rings. The number of anilines is 1. The molecule has 8 nitrogen and oxygen atoms in total. The topological polar surface area (TPSA) is 119 Å². The predicted octanol–water partition coefficient (Wildman–Crippen LogP) is 2.17. The number of nitrogens with zero attached hydrogens (tertiary/aromatic N) is 1. The molecule has 2 fully saturated rings. The minimum absolute atomic E-state index is 0.238. The van der Waals surface area contributed by atoms with Crippen molar-refractivity contribution in [2.24, 2.45) is 11.8 Å². The van der Waals surface area contributed by atoms with Gasteiger partial charge in [0, 0.05) is 22.8 Å².